The van der Waals surface area contributed by atoms with Gasteiger partial charge in [0.1, 0.15) is 5.56 Å². The van der Waals surface area contributed by atoms with Gasteiger partial charge in [-0.15, -0.1) is 0 Å². The number of likely N-dealkylation sites (tertiary alicyclic amines) is 1. The number of hydrogen-bond donors (Lipinski definition) is 2. The molecule has 30 heavy (non-hydrogen) atoms. The Hall–Kier alpha value is -2.40. The van der Waals surface area contributed by atoms with Gasteiger partial charge < -0.3 is 15.2 Å². The van der Waals surface area contributed by atoms with Gasteiger partial charge in [-0.1, -0.05) is 43.2 Å². The summed E-state index contributed by atoms with van der Waals surface area (Å²) in [5, 5.41) is 3.11. The third kappa shape index (κ3) is 4.36. The molecule has 0 atom stereocenters. The molecule has 5 heteroatoms. The average Bonchev–Trinajstić information content (AvgIpc) is 3.19. The molecule has 4 rings (SSSR count). The minimum absolute atomic E-state index is 0.130. The fourth-order valence-corrected chi connectivity index (χ4v) is 5.44. The molecule has 0 unspecified atom stereocenters. The molecule has 2 aromatic rings. The van der Waals surface area contributed by atoms with Crippen LogP contribution >= 0.6 is 0 Å². The van der Waals surface area contributed by atoms with E-state index in [1.165, 1.54) is 31.2 Å². The zero-order valence-electron chi connectivity index (χ0n) is 18.2. The number of rotatable bonds is 5. The summed E-state index contributed by atoms with van der Waals surface area (Å²) in [5.41, 5.74) is 3.22. The highest BCUT2D eigenvalue weighted by Gasteiger charge is 2.38. The number of nitrogens with one attached hydrogen (secondary N) is 2. The van der Waals surface area contributed by atoms with Crippen molar-refractivity contribution in [1.82, 2.24) is 15.2 Å². The van der Waals surface area contributed by atoms with E-state index in [4.69, 9.17) is 0 Å². The molecule has 1 aliphatic carbocycles. The lowest BCUT2D eigenvalue weighted by Crippen LogP contribution is -2.49. The highest BCUT2D eigenvalue weighted by Crippen LogP contribution is 2.42. The number of hydrogen-bond acceptors (Lipinski definition) is 3. The smallest absolute Gasteiger partial charge is 0.261 e. The van der Waals surface area contributed by atoms with Crippen molar-refractivity contribution in [3.05, 3.63) is 69.1 Å². The van der Waals surface area contributed by atoms with Crippen molar-refractivity contribution in [2.75, 3.05) is 19.6 Å². The number of carbonyl (C=O) groups excluding carboxylic acids is 1. The highest BCUT2D eigenvalue weighted by molar-refractivity contribution is 5.95. The maximum atomic E-state index is 12.7. The van der Waals surface area contributed by atoms with E-state index in [0.29, 0.717) is 0 Å². The Morgan fingerprint density at radius 3 is 2.43 bits per heavy atom. The topological polar surface area (TPSA) is 65.2 Å². The summed E-state index contributed by atoms with van der Waals surface area (Å²) in [6, 6.07) is 13.0. The molecular weight excluding hydrogens is 374 g/mol. The average molecular weight is 408 g/mol. The van der Waals surface area contributed by atoms with Gasteiger partial charge in [0.25, 0.3) is 11.5 Å². The van der Waals surface area contributed by atoms with Crippen LogP contribution in [0.1, 0.15) is 65.7 Å². The van der Waals surface area contributed by atoms with Crippen LogP contribution in [-0.4, -0.2) is 41.5 Å². The Morgan fingerprint density at radius 2 is 1.80 bits per heavy atom. The van der Waals surface area contributed by atoms with Crippen LogP contribution in [0.15, 0.2) is 41.2 Å². The normalized spacial score (nSPS) is 19.7. The number of pyridine rings is 1. The van der Waals surface area contributed by atoms with E-state index < -0.39 is 0 Å². The molecule has 2 aliphatic rings. The van der Waals surface area contributed by atoms with Crippen LogP contribution in [0.3, 0.4) is 0 Å². The second kappa shape index (κ2) is 8.76. The van der Waals surface area contributed by atoms with Crippen LogP contribution in [0.4, 0.5) is 0 Å². The van der Waals surface area contributed by atoms with Crippen LogP contribution in [0.25, 0.3) is 0 Å². The largest absolute Gasteiger partial charge is 0.349 e. The minimum atomic E-state index is -0.298. The molecule has 1 aromatic carbocycles. The molecular formula is C25H33N3O2. The summed E-state index contributed by atoms with van der Waals surface area (Å²) in [7, 11) is 0. The van der Waals surface area contributed by atoms with Gasteiger partial charge in [-0.3, -0.25) is 9.59 Å². The Bertz CT molecular complexity index is 937. The van der Waals surface area contributed by atoms with Gasteiger partial charge in [-0.2, -0.15) is 0 Å². The molecule has 1 amide bonds. The second-order valence-corrected chi connectivity index (χ2v) is 9.22. The number of nitrogens with zero attached hydrogens (tertiary/aromatic N) is 1. The van der Waals surface area contributed by atoms with E-state index in [0.717, 1.165) is 43.7 Å². The first-order valence-electron chi connectivity index (χ1n) is 11.3. The number of amides is 1. The number of benzene rings is 1. The maximum Gasteiger partial charge on any atom is 0.261 e. The molecule has 0 radical (unpaired) electrons. The number of carbonyl (C=O) groups is 1. The number of aromatic amines is 1. The Morgan fingerprint density at radius 1 is 1.13 bits per heavy atom. The van der Waals surface area contributed by atoms with Gasteiger partial charge >= 0.3 is 0 Å². The summed E-state index contributed by atoms with van der Waals surface area (Å²) in [4.78, 5) is 30.3. The molecule has 160 valence electrons. The number of piperidine rings is 1. The summed E-state index contributed by atoms with van der Waals surface area (Å²) in [6.45, 7) is 6.74. The van der Waals surface area contributed by atoms with Crippen LogP contribution in [0, 0.1) is 13.8 Å². The van der Waals surface area contributed by atoms with Gasteiger partial charge in [0.15, 0.2) is 0 Å². The second-order valence-electron chi connectivity index (χ2n) is 9.22. The van der Waals surface area contributed by atoms with E-state index in [1.807, 2.05) is 19.9 Å². The zero-order chi connectivity index (χ0) is 21.1. The predicted octanol–water partition coefficient (Wildman–Crippen LogP) is 3.70. The van der Waals surface area contributed by atoms with E-state index in [9.17, 15) is 9.59 Å². The number of H-pyrrole nitrogens is 1. The van der Waals surface area contributed by atoms with Crippen LogP contribution in [-0.2, 0) is 5.41 Å². The third-order valence-corrected chi connectivity index (χ3v) is 6.99. The lowest BCUT2D eigenvalue weighted by molar-refractivity contribution is 0.0899. The molecule has 1 aromatic heterocycles. The van der Waals surface area contributed by atoms with Crippen LogP contribution < -0.4 is 10.9 Å². The molecule has 0 spiro atoms. The first-order chi connectivity index (χ1) is 14.5. The van der Waals surface area contributed by atoms with Gasteiger partial charge in [0, 0.05) is 36.8 Å². The van der Waals surface area contributed by atoms with Crippen molar-refractivity contribution in [2.24, 2.45) is 0 Å². The highest BCUT2D eigenvalue weighted by atomic mass is 16.2. The Balaban J connectivity index is 1.36. The summed E-state index contributed by atoms with van der Waals surface area (Å²) in [5.74, 6) is -0.247. The van der Waals surface area contributed by atoms with Gasteiger partial charge in [0.2, 0.25) is 0 Å². The van der Waals surface area contributed by atoms with Gasteiger partial charge in [-0.05, 0) is 56.7 Å². The van der Waals surface area contributed by atoms with Crippen molar-refractivity contribution in [1.29, 1.82) is 0 Å². The van der Waals surface area contributed by atoms with Crippen LogP contribution in [0.2, 0.25) is 0 Å². The first-order valence-corrected chi connectivity index (χ1v) is 11.3. The lowest BCUT2D eigenvalue weighted by Gasteiger charge is -2.39. The van der Waals surface area contributed by atoms with Crippen molar-refractivity contribution in [3.63, 3.8) is 0 Å². The molecule has 2 fully saturated rings. The van der Waals surface area contributed by atoms with E-state index in [2.05, 4.69) is 45.5 Å². The molecule has 1 saturated carbocycles. The van der Waals surface area contributed by atoms with E-state index >= 15 is 0 Å². The minimum Gasteiger partial charge on any atom is -0.349 e. The Labute approximate surface area is 178 Å². The standard InChI is InChI=1S/C25H33N3O2/c1-18-16-19(2)26-23(29)22(18)24(30)27-21-10-14-28(15-11-21)17-25(12-6-7-13-25)20-8-4-3-5-9-20/h3-5,8-9,16,21H,6-7,10-15,17H2,1-2H3,(H,26,29)(H,27,30). The van der Waals surface area contributed by atoms with E-state index in [1.54, 1.807) is 0 Å². The van der Waals surface area contributed by atoms with Crippen molar-refractivity contribution in [3.8, 4) is 0 Å². The fraction of sp³-hybridized carbons (Fsp3) is 0.520. The fourth-order valence-electron chi connectivity index (χ4n) is 5.44. The summed E-state index contributed by atoms with van der Waals surface area (Å²) >= 11 is 0. The van der Waals surface area contributed by atoms with Gasteiger partial charge in [0.05, 0.1) is 0 Å². The molecule has 1 saturated heterocycles. The molecule has 5 nitrogen and oxygen atoms in total. The third-order valence-electron chi connectivity index (χ3n) is 6.99. The number of aromatic nitrogens is 1. The monoisotopic (exact) mass is 407 g/mol. The predicted molar refractivity (Wildman–Crippen MR) is 120 cm³/mol. The number of aryl methyl sites for hydroxylation is 2. The van der Waals surface area contributed by atoms with Crippen molar-refractivity contribution >= 4 is 5.91 Å². The van der Waals surface area contributed by atoms with Crippen molar-refractivity contribution < 1.29 is 4.79 Å². The SMILES string of the molecule is Cc1cc(C)c(C(=O)NC2CCN(CC3(c4ccccc4)CCCC3)CC2)c(=O)[nH]1. The molecule has 1 aliphatic heterocycles. The van der Waals surface area contributed by atoms with Crippen LogP contribution in [0.5, 0.6) is 0 Å². The maximum absolute atomic E-state index is 12.7. The lowest BCUT2D eigenvalue weighted by atomic mass is 9.78. The molecule has 2 N–H and O–H groups in total. The van der Waals surface area contributed by atoms with Crippen molar-refractivity contribution in [2.45, 2.75) is 63.8 Å². The Kier molecular flexibility index (Phi) is 6.09. The first kappa shape index (κ1) is 20.9. The quantitative estimate of drug-likeness (QED) is 0.794. The summed E-state index contributed by atoms with van der Waals surface area (Å²) < 4.78 is 0. The zero-order valence-corrected chi connectivity index (χ0v) is 18.2. The van der Waals surface area contributed by atoms with Gasteiger partial charge in [-0.25, -0.2) is 0 Å². The van der Waals surface area contributed by atoms with E-state index in [-0.39, 0.29) is 28.5 Å². The molecule has 0 bridgehead atoms. The summed E-state index contributed by atoms with van der Waals surface area (Å²) in [6.07, 6.45) is 7.02. The molecule has 2 heterocycles.